The molecular weight excluding hydrogens is 266 g/mol. The van der Waals surface area contributed by atoms with E-state index in [4.69, 9.17) is 11.6 Å². The molecule has 0 unspecified atom stereocenters. The van der Waals surface area contributed by atoms with Crippen LogP contribution in [0.5, 0.6) is 0 Å². The van der Waals surface area contributed by atoms with Gasteiger partial charge in [-0.2, -0.15) is 0 Å². The van der Waals surface area contributed by atoms with Crippen LogP contribution >= 0.6 is 11.6 Å². The highest BCUT2D eigenvalue weighted by Crippen LogP contribution is 2.15. The van der Waals surface area contributed by atoms with E-state index in [1.54, 1.807) is 13.0 Å². The van der Waals surface area contributed by atoms with Gasteiger partial charge in [-0.25, -0.2) is 0 Å². The minimum Gasteiger partial charge on any atom is -0.354 e. The fourth-order valence-electron chi connectivity index (χ4n) is 1.35. The van der Waals surface area contributed by atoms with Crippen LogP contribution in [-0.2, 0) is 4.79 Å². The summed E-state index contributed by atoms with van der Waals surface area (Å²) in [6.07, 6.45) is 1.44. The van der Waals surface area contributed by atoms with Crippen LogP contribution in [0.1, 0.15) is 29.9 Å². The van der Waals surface area contributed by atoms with Crippen molar-refractivity contribution in [1.29, 1.82) is 0 Å². The number of aromatic nitrogens is 1. The van der Waals surface area contributed by atoms with Gasteiger partial charge in [-0.1, -0.05) is 25.4 Å². The maximum absolute atomic E-state index is 11.8. The molecule has 2 N–H and O–H groups in total. The van der Waals surface area contributed by atoms with E-state index in [0.717, 1.165) is 5.69 Å². The Hall–Kier alpha value is -1.62. The molecule has 104 valence electrons. The third-order valence-corrected chi connectivity index (χ3v) is 2.78. The molecule has 0 bridgehead atoms. The van der Waals surface area contributed by atoms with Crippen molar-refractivity contribution in [2.45, 2.75) is 20.8 Å². The number of nitrogens with one attached hydrogen (secondary N) is 2. The minimum absolute atomic E-state index is 0.0377. The van der Waals surface area contributed by atoms with Gasteiger partial charge in [0.1, 0.15) is 0 Å². The highest BCUT2D eigenvalue weighted by atomic mass is 35.5. The number of pyridine rings is 1. The quantitative estimate of drug-likeness (QED) is 0.806. The minimum atomic E-state index is -0.295. The molecule has 0 atom stereocenters. The lowest BCUT2D eigenvalue weighted by Gasteiger charge is -2.09. The van der Waals surface area contributed by atoms with Gasteiger partial charge in [0, 0.05) is 30.9 Å². The second-order valence-electron chi connectivity index (χ2n) is 4.51. The van der Waals surface area contributed by atoms with Crippen LogP contribution in [0.3, 0.4) is 0 Å². The largest absolute Gasteiger partial charge is 0.354 e. The number of amides is 2. The van der Waals surface area contributed by atoms with Crippen molar-refractivity contribution < 1.29 is 9.59 Å². The maximum Gasteiger partial charge on any atom is 0.254 e. The predicted molar refractivity (Wildman–Crippen MR) is 74.2 cm³/mol. The van der Waals surface area contributed by atoms with Crippen molar-refractivity contribution in [3.8, 4) is 0 Å². The number of halogens is 1. The van der Waals surface area contributed by atoms with Gasteiger partial charge in [0.15, 0.2) is 0 Å². The Kier molecular flexibility index (Phi) is 5.76. The third kappa shape index (κ3) is 4.87. The molecule has 6 heteroatoms. The van der Waals surface area contributed by atoms with Crippen molar-refractivity contribution >= 4 is 23.4 Å². The van der Waals surface area contributed by atoms with Gasteiger partial charge in [-0.3, -0.25) is 14.6 Å². The van der Waals surface area contributed by atoms with Gasteiger partial charge in [0.2, 0.25) is 5.91 Å². The van der Waals surface area contributed by atoms with Gasteiger partial charge < -0.3 is 10.6 Å². The summed E-state index contributed by atoms with van der Waals surface area (Å²) in [5.41, 5.74) is 1.09. The first-order valence-corrected chi connectivity index (χ1v) is 6.47. The molecule has 1 aromatic heterocycles. The molecule has 0 saturated carbocycles. The van der Waals surface area contributed by atoms with Gasteiger partial charge >= 0.3 is 0 Å². The Balaban J connectivity index is 2.41. The normalized spacial score (nSPS) is 10.4. The van der Waals surface area contributed by atoms with Crippen molar-refractivity contribution in [2.75, 3.05) is 13.1 Å². The van der Waals surface area contributed by atoms with Crippen LogP contribution in [0.4, 0.5) is 0 Å². The van der Waals surface area contributed by atoms with E-state index in [-0.39, 0.29) is 17.7 Å². The number of aryl methyl sites for hydroxylation is 1. The molecule has 0 radical (unpaired) electrons. The first-order valence-electron chi connectivity index (χ1n) is 6.10. The summed E-state index contributed by atoms with van der Waals surface area (Å²) in [5, 5.41) is 5.76. The molecule has 0 spiro atoms. The highest BCUT2D eigenvalue weighted by molar-refractivity contribution is 6.33. The molecule has 0 aromatic carbocycles. The topological polar surface area (TPSA) is 71.1 Å². The lowest BCUT2D eigenvalue weighted by atomic mass is 10.2. The summed E-state index contributed by atoms with van der Waals surface area (Å²) < 4.78 is 0. The highest BCUT2D eigenvalue weighted by Gasteiger charge is 2.11. The van der Waals surface area contributed by atoms with E-state index in [1.165, 1.54) is 6.20 Å². The number of carbonyl (C=O) groups is 2. The maximum atomic E-state index is 11.8. The van der Waals surface area contributed by atoms with Crippen molar-refractivity contribution in [3.63, 3.8) is 0 Å². The standard InChI is InChI=1S/C13H18ClN3O2/c1-8(2)12(18)15-4-5-16-13(19)10-7-17-9(3)6-11(10)14/h6-8H,4-5H2,1-3H3,(H,15,18)(H,16,19). The van der Waals surface area contributed by atoms with Crippen molar-refractivity contribution in [3.05, 3.63) is 28.5 Å². The molecule has 0 fully saturated rings. The Morgan fingerprint density at radius 3 is 2.53 bits per heavy atom. The SMILES string of the molecule is Cc1cc(Cl)c(C(=O)NCCNC(=O)C(C)C)cn1. The van der Waals surface area contributed by atoms with E-state index in [0.29, 0.717) is 23.7 Å². The predicted octanol–water partition coefficient (Wildman–Crippen LogP) is 1.55. The molecule has 0 saturated heterocycles. The van der Waals surface area contributed by atoms with Gasteiger partial charge in [0.25, 0.3) is 5.91 Å². The zero-order chi connectivity index (χ0) is 14.4. The monoisotopic (exact) mass is 283 g/mol. The zero-order valence-corrected chi connectivity index (χ0v) is 12.0. The smallest absolute Gasteiger partial charge is 0.254 e. The Bertz CT molecular complexity index is 475. The molecular formula is C13H18ClN3O2. The second kappa shape index (κ2) is 7.09. The van der Waals surface area contributed by atoms with E-state index in [9.17, 15) is 9.59 Å². The summed E-state index contributed by atoms with van der Waals surface area (Å²) in [4.78, 5) is 27.1. The van der Waals surface area contributed by atoms with Crippen LogP contribution in [0.15, 0.2) is 12.3 Å². The van der Waals surface area contributed by atoms with Crippen LogP contribution < -0.4 is 10.6 Å². The first-order chi connectivity index (χ1) is 8.91. The Morgan fingerprint density at radius 2 is 1.95 bits per heavy atom. The molecule has 1 rings (SSSR count). The van der Waals surface area contributed by atoms with E-state index < -0.39 is 0 Å². The summed E-state index contributed by atoms with van der Waals surface area (Å²) in [5.74, 6) is -0.396. The number of hydrogen-bond acceptors (Lipinski definition) is 3. The van der Waals surface area contributed by atoms with Crippen molar-refractivity contribution in [2.24, 2.45) is 5.92 Å². The van der Waals surface area contributed by atoms with Gasteiger partial charge in [0.05, 0.1) is 10.6 Å². The van der Waals surface area contributed by atoms with E-state index >= 15 is 0 Å². The number of carbonyl (C=O) groups excluding carboxylic acids is 2. The average Bonchev–Trinajstić information content (AvgIpc) is 2.33. The first kappa shape index (κ1) is 15.4. The summed E-state index contributed by atoms with van der Waals surface area (Å²) >= 11 is 5.96. The Labute approximate surface area is 117 Å². The van der Waals surface area contributed by atoms with Gasteiger partial charge in [-0.05, 0) is 13.0 Å². The van der Waals surface area contributed by atoms with Crippen LogP contribution in [0, 0.1) is 12.8 Å². The number of hydrogen-bond donors (Lipinski definition) is 2. The molecule has 0 aliphatic heterocycles. The lowest BCUT2D eigenvalue weighted by molar-refractivity contribution is -0.123. The summed E-state index contributed by atoms with van der Waals surface area (Å²) in [6, 6.07) is 1.64. The summed E-state index contributed by atoms with van der Waals surface area (Å²) in [6.45, 7) is 6.16. The fraction of sp³-hybridized carbons (Fsp3) is 0.462. The van der Waals surface area contributed by atoms with Gasteiger partial charge in [-0.15, -0.1) is 0 Å². The van der Waals surface area contributed by atoms with Crippen LogP contribution in [0.2, 0.25) is 5.02 Å². The molecule has 2 amide bonds. The molecule has 0 aliphatic rings. The second-order valence-corrected chi connectivity index (χ2v) is 4.91. The Morgan fingerprint density at radius 1 is 1.32 bits per heavy atom. The molecule has 0 aliphatic carbocycles. The molecule has 19 heavy (non-hydrogen) atoms. The number of rotatable bonds is 5. The molecule has 5 nitrogen and oxygen atoms in total. The van der Waals surface area contributed by atoms with E-state index in [2.05, 4.69) is 15.6 Å². The van der Waals surface area contributed by atoms with Crippen LogP contribution in [0.25, 0.3) is 0 Å². The van der Waals surface area contributed by atoms with Crippen LogP contribution in [-0.4, -0.2) is 29.9 Å². The lowest BCUT2D eigenvalue weighted by Crippen LogP contribution is -2.36. The van der Waals surface area contributed by atoms with Crippen molar-refractivity contribution in [1.82, 2.24) is 15.6 Å². The molecule has 1 heterocycles. The molecule has 1 aromatic rings. The average molecular weight is 284 g/mol. The zero-order valence-electron chi connectivity index (χ0n) is 11.3. The fourth-order valence-corrected chi connectivity index (χ4v) is 1.65. The summed E-state index contributed by atoms with van der Waals surface area (Å²) in [7, 11) is 0. The van der Waals surface area contributed by atoms with E-state index in [1.807, 2.05) is 13.8 Å². The third-order valence-electron chi connectivity index (χ3n) is 2.47. The number of nitrogens with zero attached hydrogens (tertiary/aromatic N) is 1.